The summed E-state index contributed by atoms with van der Waals surface area (Å²) in [5, 5.41) is 4.52. The van der Waals surface area contributed by atoms with Gasteiger partial charge in [0, 0.05) is 18.6 Å². The fourth-order valence-corrected chi connectivity index (χ4v) is 2.78. The number of hydrogen-bond acceptors (Lipinski definition) is 2. The molecule has 0 amide bonds. The third-order valence-corrected chi connectivity index (χ3v) is 3.94. The Morgan fingerprint density at radius 2 is 2.22 bits per heavy atom. The molecule has 98 valence electrons. The summed E-state index contributed by atoms with van der Waals surface area (Å²) in [5.74, 6) is 0.601. The van der Waals surface area contributed by atoms with E-state index in [0.29, 0.717) is 5.92 Å². The zero-order valence-corrected chi connectivity index (χ0v) is 12.8. The number of halogens is 1. The Hall–Kier alpha value is -0.870. The van der Waals surface area contributed by atoms with Crippen LogP contribution in [0, 0.1) is 0 Å². The molecule has 2 aromatic rings. The molecule has 2 aromatic heterocycles. The van der Waals surface area contributed by atoms with E-state index in [4.69, 9.17) is 0 Å². The van der Waals surface area contributed by atoms with E-state index in [1.54, 1.807) is 0 Å². The van der Waals surface area contributed by atoms with Crippen LogP contribution in [-0.2, 0) is 7.05 Å². The van der Waals surface area contributed by atoms with E-state index in [-0.39, 0.29) is 0 Å². The summed E-state index contributed by atoms with van der Waals surface area (Å²) in [6.07, 6.45) is 4.56. The zero-order valence-electron chi connectivity index (χ0n) is 11.2. The lowest BCUT2D eigenvalue weighted by Gasteiger charge is -2.13. The lowest BCUT2D eigenvalue weighted by atomic mass is 9.93. The van der Waals surface area contributed by atoms with Crippen LogP contribution in [0.2, 0.25) is 0 Å². The number of rotatable bonds is 5. The Labute approximate surface area is 117 Å². The smallest absolute Gasteiger partial charge is 0.141 e. The molecular formula is C14H20BrN3. The molecule has 18 heavy (non-hydrogen) atoms. The highest BCUT2D eigenvalue weighted by molar-refractivity contribution is 9.10. The summed E-state index contributed by atoms with van der Waals surface area (Å²) >= 11 is 3.44. The second kappa shape index (κ2) is 5.85. The van der Waals surface area contributed by atoms with Crippen LogP contribution >= 0.6 is 15.9 Å². The largest absolute Gasteiger partial charge is 0.335 e. The number of aromatic nitrogens is 2. The highest BCUT2D eigenvalue weighted by Crippen LogP contribution is 2.31. The molecule has 1 atom stereocenters. The van der Waals surface area contributed by atoms with Gasteiger partial charge >= 0.3 is 0 Å². The van der Waals surface area contributed by atoms with Crippen molar-refractivity contribution in [3.63, 3.8) is 0 Å². The minimum Gasteiger partial charge on any atom is -0.335 e. The number of pyridine rings is 1. The minimum atomic E-state index is 0.601. The van der Waals surface area contributed by atoms with E-state index in [2.05, 4.69) is 57.0 Å². The molecule has 1 unspecified atom stereocenters. The number of nitrogens with one attached hydrogen (secondary N) is 1. The molecule has 2 rings (SSSR count). The van der Waals surface area contributed by atoms with Crippen LogP contribution in [0.25, 0.3) is 11.0 Å². The molecule has 0 saturated heterocycles. The predicted molar refractivity (Wildman–Crippen MR) is 80.0 cm³/mol. The van der Waals surface area contributed by atoms with Gasteiger partial charge in [0.05, 0.1) is 0 Å². The first-order chi connectivity index (χ1) is 8.67. The van der Waals surface area contributed by atoms with Crippen molar-refractivity contribution in [1.29, 1.82) is 0 Å². The van der Waals surface area contributed by atoms with Gasteiger partial charge in [-0.1, -0.05) is 6.92 Å². The molecule has 3 nitrogen and oxygen atoms in total. The summed E-state index contributed by atoms with van der Waals surface area (Å²) in [5.41, 5.74) is 2.48. The first kappa shape index (κ1) is 13.6. The SMILES string of the molecule is CCC(CCNC)c1cn(C)c2nc(Br)ccc12. The summed E-state index contributed by atoms with van der Waals surface area (Å²) in [4.78, 5) is 4.56. The van der Waals surface area contributed by atoms with Crippen LogP contribution in [0.15, 0.2) is 22.9 Å². The van der Waals surface area contributed by atoms with Gasteiger partial charge in [0.2, 0.25) is 0 Å². The monoisotopic (exact) mass is 309 g/mol. The first-order valence-corrected chi connectivity index (χ1v) is 7.22. The maximum absolute atomic E-state index is 4.56. The number of nitrogens with zero attached hydrogens (tertiary/aromatic N) is 2. The third-order valence-electron chi connectivity index (χ3n) is 3.49. The Kier molecular flexibility index (Phi) is 4.40. The minimum absolute atomic E-state index is 0.601. The number of fused-ring (bicyclic) bond motifs is 1. The van der Waals surface area contributed by atoms with E-state index in [9.17, 15) is 0 Å². The maximum atomic E-state index is 4.56. The van der Waals surface area contributed by atoms with Crippen LogP contribution in [0.4, 0.5) is 0 Å². The first-order valence-electron chi connectivity index (χ1n) is 6.43. The molecule has 0 aliphatic rings. The molecule has 4 heteroatoms. The molecule has 0 aliphatic heterocycles. The summed E-state index contributed by atoms with van der Waals surface area (Å²) in [7, 11) is 4.07. The molecule has 1 N–H and O–H groups in total. The van der Waals surface area contributed by atoms with E-state index in [1.807, 2.05) is 13.1 Å². The van der Waals surface area contributed by atoms with Crippen LogP contribution in [0.1, 0.15) is 31.2 Å². The number of hydrogen-bond donors (Lipinski definition) is 1. The predicted octanol–water partition coefficient (Wildman–Crippen LogP) is 3.44. The van der Waals surface area contributed by atoms with Gasteiger partial charge in [-0.3, -0.25) is 0 Å². The molecule has 0 radical (unpaired) electrons. The summed E-state index contributed by atoms with van der Waals surface area (Å²) < 4.78 is 3.02. The van der Waals surface area contributed by atoms with Crippen LogP contribution in [-0.4, -0.2) is 23.1 Å². The van der Waals surface area contributed by atoms with Gasteiger partial charge in [-0.05, 0) is 66.0 Å². The van der Waals surface area contributed by atoms with Crippen molar-refractivity contribution in [1.82, 2.24) is 14.9 Å². The van der Waals surface area contributed by atoms with Gasteiger partial charge in [0.25, 0.3) is 0 Å². The van der Waals surface area contributed by atoms with Crippen molar-refractivity contribution < 1.29 is 0 Å². The van der Waals surface area contributed by atoms with Gasteiger partial charge in [0.15, 0.2) is 0 Å². The quantitative estimate of drug-likeness (QED) is 0.857. The molecule has 0 aliphatic carbocycles. The van der Waals surface area contributed by atoms with Crippen molar-refractivity contribution in [2.24, 2.45) is 7.05 Å². The van der Waals surface area contributed by atoms with Crippen LogP contribution in [0.3, 0.4) is 0 Å². The number of aryl methyl sites for hydroxylation is 1. The zero-order chi connectivity index (χ0) is 13.1. The fraction of sp³-hybridized carbons (Fsp3) is 0.500. The van der Waals surface area contributed by atoms with Gasteiger partial charge < -0.3 is 9.88 Å². The lowest BCUT2D eigenvalue weighted by Crippen LogP contribution is -2.11. The molecule has 0 saturated carbocycles. The third kappa shape index (κ3) is 2.59. The van der Waals surface area contributed by atoms with Crippen LogP contribution < -0.4 is 5.32 Å². The molecule has 2 heterocycles. The van der Waals surface area contributed by atoms with Crippen LogP contribution in [0.5, 0.6) is 0 Å². The van der Waals surface area contributed by atoms with Crippen molar-refractivity contribution in [3.05, 3.63) is 28.5 Å². The Balaban J connectivity index is 2.43. The summed E-state index contributed by atoms with van der Waals surface area (Å²) in [6.45, 7) is 3.31. The van der Waals surface area contributed by atoms with Gasteiger partial charge in [-0.2, -0.15) is 0 Å². The fourth-order valence-electron chi connectivity index (χ4n) is 2.48. The van der Waals surface area contributed by atoms with E-state index in [0.717, 1.165) is 23.2 Å². The maximum Gasteiger partial charge on any atom is 0.141 e. The standard InChI is InChI=1S/C14H20BrN3/c1-4-10(7-8-16-2)12-9-18(3)14-11(12)5-6-13(15)17-14/h5-6,9-10,16H,4,7-8H2,1-3H3. The highest BCUT2D eigenvalue weighted by Gasteiger charge is 2.16. The Morgan fingerprint density at radius 1 is 1.44 bits per heavy atom. The van der Waals surface area contributed by atoms with E-state index >= 15 is 0 Å². The average molecular weight is 310 g/mol. The van der Waals surface area contributed by atoms with Crippen molar-refractivity contribution >= 4 is 27.0 Å². The second-order valence-corrected chi connectivity index (χ2v) is 5.51. The van der Waals surface area contributed by atoms with Crippen molar-refractivity contribution in [2.75, 3.05) is 13.6 Å². The van der Waals surface area contributed by atoms with Crippen molar-refractivity contribution in [2.45, 2.75) is 25.7 Å². The summed E-state index contributed by atoms with van der Waals surface area (Å²) in [6, 6.07) is 4.19. The molecule has 0 spiro atoms. The van der Waals surface area contributed by atoms with Gasteiger partial charge in [-0.15, -0.1) is 0 Å². The topological polar surface area (TPSA) is 29.9 Å². The second-order valence-electron chi connectivity index (χ2n) is 4.70. The average Bonchev–Trinajstić information content (AvgIpc) is 2.68. The highest BCUT2D eigenvalue weighted by atomic mass is 79.9. The van der Waals surface area contributed by atoms with Gasteiger partial charge in [-0.25, -0.2) is 4.98 Å². The lowest BCUT2D eigenvalue weighted by molar-refractivity contribution is 0.583. The Bertz CT molecular complexity index is 533. The normalized spacial score (nSPS) is 13.1. The molecule has 0 aromatic carbocycles. The van der Waals surface area contributed by atoms with E-state index in [1.165, 1.54) is 17.4 Å². The molecule has 0 bridgehead atoms. The van der Waals surface area contributed by atoms with Gasteiger partial charge in [0.1, 0.15) is 10.3 Å². The molecule has 0 fully saturated rings. The van der Waals surface area contributed by atoms with E-state index < -0.39 is 0 Å². The molecular weight excluding hydrogens is 290 g/mol. The van der Waals surface area contributed by atoms with Crippen molar-refractivity contribution in [3.8, 4) is 0 Å². The Morgan fingerprint density at radius 3 is 2.89 bits per heavy atom.